The van der Waals surface area contributed by atoms with Crippen LogP contribution in [0.4, 0.5) is 4.39 Å². The number of fused-ring (bicyclic) bond motifs is 1. The van der Waals surface area contributed by atoms with Crippen LogP contribution < -0.4 is 4.74 Å². The number of hydrogen-bond acceptors (Lipinski definition) is 2. The van der Waals surface area contributed by atoms with Gasteiger partial charge in [-0.3, -0.25) is 9.18 Å². The summed E-state index contributed by atoms with van der Waals surface area (Å²) >= 11 is 3.45. The Bertz CT molecular complexity index is 403. The smallest absolute Gasteiger partial charge is 0.204 e. The molecule has 2 rings (SSSR count). The van der Waals surface area contributed by atoms with Gasteiger partial charge in [-0.05, 0) is 31.0 Å². The van der Waals surface area contributed by atoms with Crippen LogP contribution >= 0.6 is 15.9 Å². The van der Waals surface area contributed by atoms with Gasteiger partial charge in [0.05, 0.1) is 12.7 Å². The molecule has 0 saturated carbocycles. The average Bonchev–Trinajstić information content (AvgIpc) is 2.73. The zero-order valence-electron chi connectivity index (χ0n) is 10.9. The Balaban J connectivity index is 0.000000581. The van der Waals surface area contributed by atoms with Crippen molar-refractivity contribution in [2.24, 2.45) is 0 Å². The first-order chi connectivity index (χ1) is 8.11. The highest BCUT2D eigenvalue weighted by atomic mass is 79.9. The zero-order valence-corrected chi connectivity index (χ0v) is 12.4. The van der Waals surface area contributed by atoms with Gasteiger partial charge in [-0.1, -0.05) is 29.8 Å². The maximum atomic E-state index is 11.4. The summed E-state index contributed by atoms with van der Waals surface area (Å²) in [4.78, 5) is 11.4. The summed E-state index contributed by atoms with van der Waals surface area (Å²) in [6.07, 6.45) is 0. The van der Waals surface area contributed by atoms with E-state index in [1.807, 2.05) is 33.8 Å². The molecular weight excluding hydrogens is 287 g/mol. The third-order valence-electron chi connectivity index (χ3n) is 2.28. The number of ether oxygens (including phenoxy) is 1. The molecule has 1 aromatic rings. The summed E-state index contributed by atoms with van der Waals surface area (Å²) in [5, 5.41) is 0. The zero-order chi connectivity index (χ0) is 13.6. The fraction of sp³-hybridized carbons (Fsp3) is 0.462. The number of ketones is 1. The Labute approximate surface area is 110 Å². The highest BCUT2D eigenvalue weighted by molar-refractivity contribution is 9.10. The molecule has 0 radical (unpaired) electrons. The lowest BCUT2D eigenvalue weighted by Gasteiger charge is -2.06. The number of hydrogen-bond donors (Lipinski definition) is 0. The highest BCUT2D eigenvalue weighted by Crippen LogP contribution is 2.35. The van der Waals surface area contributed by atoms with Gasteiger partial charge in [0.1, 0.15) is 5.75 Å². The minimum Gasteiger partial charge on any atom is -0.485 e. The van der Waals surface area contributed by atoms with Crippen molar-refractivity contribution in [2.75, 3.05) is 13.8 Å². The lowest BCUT2D eigenvalue weighted by Crippen LogP contribution is -2.00. The summed E-state index contributed by atoms with van der Waals surface area (Å²) in [5.74, 6) is 0.802. The normalized spacial score (nSPS) is 11.6. The van der Waals surface area contributed by atoms with Crippen molar-refractivity contribution in [1.29, 1.82) is 0 Å². The van der Waals surface area contributed by atoms with Gasteiger partial charge in [0, 0.05) is 4.47 Å². The molecule has 1 aliphatic heterocycles. The van der Waals surface area contributed by atoms with Crippen molar-refractivity contribution in [3.63, 3.8) is 0 Å². The number of halogens is 2. The van der Waals surface area contributed by atoms with Crippen LogP contribution in [0.5, 0.6) is 5.75 Å². The molecule has 0 spiro atoms. The molecule has 0 N–H and O–H groups in total. The molecule has 0 fully saturated rings. The van der Waals surface area contributed by atoms with Gasteiger partial charge in [-0.2, -0.15) is 0 Å². The van der Waals surface area contributed by atoms with Gasteiger partial charge in [0.25, 0.3) is 0 Å². The number of benzene rings is 1. The minimum absolute atomic E-state index is 0.0770. The van der Waals surface area contributed by atoms with Crippen molar-refractivity contribution in [1.82, 2.24) is 0 Å². The van der Waals surface area contributed by atoms with E-state index in [0.29, 0.717) is 7.18 Å². The topological polar surface area (TPSA) is 26.3 Å². The molecule has 0 atom stereocenters. The van der Waals surface area contributed by atoms with Crippen LogP contribution in [0, 0.1) is 13.8 Å². The Kier molecular flexibility index (Phi) is 7.04. The Hall–Kier alpha value is -0.900. The number of alkyl halides is 1. The summed E-state index contributed by atoms with van der Waals surface area (Å²) in [5.41, 5.74) is 2.82. The Morgan fingerprint density at radius 2 is 1.82 bits per heavy atom. The van der Waals surface area contributed by atoms with Crippen LogP contribution in [0.15, 0.2) is 10.5 Å². The van der Waals surface area contributed by atoms with Crippen molar-refractivity contribution in [2.45, 2.75) is 27.7 Å². The lowest BCUT2D eigenvalue weighted by atomic mass is 10.0. The summed E-state index contributed by atoms with van der Waals surface area (Å²) in [6, 6.07) is 1.90. The number of carbonyl (C=O) groups is 1. The molecule has 0 saturated heterocycles. The van der Waals surface area contributed by atoms with Crippen LogP contribution in [0.2, 0.25) is 0 Å². The van der Waals surface area contributed by atoms with Gasteiger partial charge >= 0.3 is 0 Å². The summed E-state index contributed by atoms with van der Waals surface area (Å²) in [6.45, 7) is 8.11. The summed E-state index contributed by atoms with van der Waals surface area (Å²) in [7, 11) is 0.500. The average molecular weight is 305 g/mol. The molecule has 1 aromatic carbocycles. The molecule has 0 unspecified atom stereocenters. The van der Waals surface area contributed by atoms with Crippen molar-refractivity contribution < 1.29 is 13.9 Å². The monoisotopic (exact) mass is 304 g/mol. The molecule has 17 heavy (non-hydrogen) atoms. The Morgan fingerprint density at radius 1 is 1.29 bits per heavy atom. The molecule has 1 heterocycles. The molecule has 0 amide bonds. The van der Waals surface area contributed by atoms with Gasteiger partial charge in [0.15, 0.2) is 6.61 Å². The van der Waals surface area contributed by atoms with Crippen molar-refractivity contribution in [3.05, 3.63) is 27.2 Å². The first kappa shape index (κ1) is 16.1. The van der Waals surface area contributed by atoms with E-state index in [0.717, 1.165) is 26.9 Å². The van der Waals surface area contributed by atoms with Gasteiger partial charge in [-0.25, -0.2) is 0 Å². The van der Waals surface area contributed by atoms with E-state index in [2.05, 4.69) is 15.9 Å². The van der Waals surface area contributed by atoms with Crippen molar-refractivity contribution in [3.8, 4) is 5.75 Å². The van der Waals surface area contributed by atoms with Crippen molar-refractivity contribution >= 4 is 21.7 Å². The third-order valence-corrected chi connectivity index (χ3v) is 3.50. The van der Waals surface area contributed by atoms with Gasteiger partial charge in [-0.15, -0.1) is 0 Å². The fourth-order valence-electron chi connectivity index (χ4n) is 1.60. The minimum atomic E-state index is 0.0770. The number of carbonyl (C=O) groups excluding carboxylic acids is 1. The molecule has 1 aliphatic rings. The second kappa shape index (κ2) is 7.43. The predicted molar refractivity (Wildman–Crippen MR) is 71.8 cm³/mol. The largest absolute Gasteiger partial charge is 0.485 e. The first-order valence-electron chi connectivity index (χ1n) is 5.44. The molecule has 2 nitrogen and oxygen atoms in total. The van der Waals surface area contributed by atoms with E-state index in [1.54, 1.807) is 0 Å². The number of rotatable bonds is 0. The molecular formula is C13H18BrFO2. The Morgan fingerprint density at radius 3 is 2.35 bits per heavy atom. The molecule has 0 bridgehead atoms. The van der Waals surface area contributed by atoms with E-state index in [-0.39, 0.29) is 12.4 Å². The first-order valence-corrected chi connectivity index (χ1v) is 6.24. The van der Waals surface area contributed by atoms with E-state index in [9.17, 15) is 9.18 Å². The maximum Gasteiger partial charge on any atom is 0.204 e. The standard InChI is InChI=1S/C10H9BrO2.C2H6.CH3F/c1-5-3-8-9(6(2)10(5)11)7(12)4-13-8;2*1-2/h3H,4H2,1-2H3;1-2H3;1H3. The van der Waals surface area contributed by atoms with E-state index < -0.39 is 0 Å². The second-order valence-electron chi connectivity index (χ2n) is 3.22. The number of Topliss-reactive ketones (excluding diaryl/α,β-unsaturated/α-hetero) is 1. The molecule has 4 heteroatoms. The molecule has 0 aromatic heterocycles. The predicted octanol–water partition coefficient (Wildman–Crippen LogP) is 4.25. The lowest BCUT2D eigenvalue weighted by molar-refractivity contribution is 0.0960. The van der Waals surface area contributed by atoms with E-state index >= 15 is 0 Å². The van der Waals surface area contributed by atoms with Crippen LogP contribution in [0.3, 0.4) is 0 Å². The SMILES string of the molecule is CC.CF.Cc1cc2c(c(C)c1Br)C(=O)CO2. The molecule has 96 valence electrons. The van der Waals surface area contributed by atoms with Crippen LogP contribution in [0.25, 0.3) is 0 Å². The quantitative estimate of drug-likeness (QED) is 0.716. The number of aryl methyl sites for hydroxylation is 1. The highest BCUT2D eigenvalue weighted by Gasteiger charge is 2.25. The van der Waals surface area contributed by atoms with Crippen LogP contribution in [-0.4, -0.2) is 19.6 Å². The maximum absolute atomic E-state index is 11.4. The van der Waals surface area contributed by atoms with Gasteiger partial charge < -0.3 is 4.74 Å². The van der Waals surface area contributed by atoms with Crippen LogP contribution in [-0.2, 0) is 0 Å². The second-order valence-corrected chi connectivity index (χ2v) is 4.01. The van der Waals surface area contributed by atoms with E-state index in [1.165, 1.54) is 0 Å². The third kappa shape index (κ3) is 3.28. The van der Waals surface area contributed by atoms with Crippen LogP contribution in [0.1, 0.15) is 35.3 Å². The van der Waals surface area contributed by atoms with Gasteiger partial charge in [0.2, 0.25) is 5.78 Å². The summed E-state index contributed by atoms with van der Waals surface area (Å²) < 4.78 is 15.8. The fourth-order valence-corrected chi connectivity index (χ4v) is 1.91. The molecule has 0 aliphatic carbocycles. The van der Waals surface area contributed by atoms with E-state index in [4.69, 9.17) is 4.74 Å².